The number of nitrogens with one attached hydrogen (secondary N) is 2. The van der Waals surface area contributed by atoms with Crippen molar-refractivity contribution in [2.45, 2.75) is 40.2 Å². The lowest BCUT2D eigenvalue weighted by Gasteiger charge is -2.20. The maximum Gasteiger partial charge on any atom is 0.407 e. The third-order valence-electron chi connectivity index (χ3n) is 2.34. The van der Waals surface area contributed by atoms with Gasteiger partial charge >= 0.3 is 6.09 Å². The Balaban J connectivity index is 4.50. The summed E-state index contributed by atoms with van der Waals surface area (Å²) in [5.74, 6) is 0.216. The van der Waals surface area contributed by atoms with Crippen molar-refractivity contribution in [3.05, 3.63) is 12.2 Å². The topological polar surface area (TPSA) is 84.5 Å². The van der Waals surface area contributed by atoms with Crippen LogP contribution in [0.2, 0.25) is 0 Å². The number of carbonyl (C=O) groups excluding carboxylic acids is 1. The summed E-state index contributed by atoms with van der Waals surface area (Å²) in [4.78, 5) is 11.4. The van der Waals surface area contributed by atoms with E-state index in [-0.39, 0.29) is 24.9 Å². The van der Waals surface area contributed by atoms with Gasteiger partial charge in [-0.05, 0) is 26.2 Å². The van der Waals surface area contributed by atoms with E-state index in [4.69, 9.17) is 4.74 Å². The molecule has 1 amide bonds. The van der Waals surface area contributed by atoms with Crippen molar-refractivity contribution < 1.29 is 17.9 Å². The Hall–Kier alpha value is -1.08. The fraction of sp³-hybridized carbons (Fsp3) is 0.769. The van der Waals surface area contributed by atoms with Gasteiger partial charge in [-0.3, -0.25) is 0 Å². The van der Waals surface area contributed by atoms with Crippen LogP contribution < -0.4 is 10.0 Å². The van der Waals surface area contributed by atoms with Crippen molar-refractivity contribution in [3.63, 3.8) is 0 Å². The van der Waals surface area contributed by atoms with E-state index in [9.17, 15) is 13.2 Å². The largest absolute Gasteiger partial charge is 0.450 e. The maximum absolute atomic E-state index is 11.7. The third kappa shape index (κ3) is 9.80. The summed E-state index contributed by atoms with van der Waals surface area (Å²) in [7, 11) is -3.40. The van der Waals surface area contributed by atoms with E-state index in [1.165, 1.54) is 0 Å². The summed E-state index contributed by atoms with van der Waals surface area (Å²) in [6.07, 6.45) is 0.131. The summed E-state index contributed by atoms with van der Waals surface area (Å²) in [6.45, 7) is 11.4. The van der Waals surface area contributed by atoms with Crippen molar-refractivity contribution in [2.75, 3.05) is 18.9 Å². The molecular weight excluding hydrogens is 280 g/mol. The smallest absolute Gasteiger partial charge is 0.407 e. The third-order valence-corrected chi connectivity index (χ3v) is 3.82. The Morgan fingerprint density at radius 3 is 2.40 bits per heavy atom. The quantitative estimate of drug-likeness (QED) is 0.634. The lowest BCUT2D eigenvalue weighted by atomic mass is 10.0. The van der Waals surface area contributed by atoms with Crippen molar-refractivity contribution >= 4 is 16.1 Å². The first-order valence-corrected chi connectivity index (χ1v) is 8.36. The van der Waals surface area contributed by atoms with Crippen LogP contribution in [-0.2, 0) is 14.8 Å². The minimum atomic E-state index is -3.40. The molecule has 0 aliphatic rings. The fourth-order valence-electron chi connectivity index (χ4n) is 1.70. The number of alkyl carbamates (subject to hydrolysis) is 1. The molecule has 0 rings (SSSR count). The standard InChI is InChI=1S/C13H26N2O4S/c1-6-19-13(16)15-12(7-10(2)3)8-14-20(17,18)9-11(4)5/h10,12,14H,4,6-9H2,1-3,5H3,(H,15,16). The molecule has 0 bridgehead atoms. The highest BCUT2D eigenvalue weighted by molar-refractivity contribution is 7.89. The van der Waals surface area contributed by atoms with Gasteiger partial charge in [-0.1, -0.05) is 26.0 Å². The van der Waals surface area contributed by atoms with Crippen molar-refractivity contribution in [3.8, 4) is 0 Å². The minimum Gasteiger partial charge on any atom is -0.450 e. The number of hydrogen-bond donors (Lipinski definition) is 2. The van der Waals surface area contributed by atoms with Gasteiger partial charge in [0.25, 0.3) is 0 Å². The maximum atomic E-state index is 11.7. The summed E-state index contributed by atoms with van der Waals surface area (Å²) in [6, 6.07) is -0.297. The van der Waals surface area contributed by atoms with Gasteiger partial charge in [0, 0.05) is 12.6 Å². The Morgan fingerprint density at radius 1 is 1.35 bits per heavy atom. The van der Waals surface area contributed by atoms with Crippen LogP contribution in [0, 0.1) is 5.92 Å². The van der Waals surface area contributed by atoms with Gasteiger partial charge in [-0.25, -0.2) is 17.9 Å². The zero-order valence-electron chi connectivity index (χ0n) is 12.7. The van der Waals surface area contributed by atoms with E-state index in [1.54, 1.807) is 13.8 Å². The highest BCUT2D eigenvalue weighted by Crippen LogP contribution is 2.05. The monoisotopic (exact) mass is 306 g/mol. The zero-order valence-corrected chi connectivity index (χ0v) is 13.5. The first kappa shape index (κ1) is 18.9. The van der Waals surface area contributed by atoms with Crippen LogP contribution >= 0.6 is 0 Å². The SMILES string of the molecule is C=C(C)CS(=O)(=O)NCC(CC(C)C)NC(=O)OCC. The zero-order chi connectivity index (χ0) is 15.8. The Bertz CT molecular complexity index is 418. The predicted molar refractivity (Wildman–Crippen MR) is 80.0 cm³/mol. The highest BCUT2D eigenvalue weighted by atomic mass is 32.2. The summed E-state index contributed by atoms with van der Waals surface area (Å²) >= 11 is 0. The average molecular weight is 306 g/mol. The van der Waals surface area contributed by atoms with Crippen LogP contribution in [-0.4, -0.2) is 39.5 Å². The second-order valence-electron chi connectivity index (χ2n) is 5.26. The van der Waals surface area contributed by atoms with Crippen molar-refractivity contribution in [1.29, 1.82) is 0 Å². The molecular formula is C13H26N2O4S. The van der Waals surface area contributed by atoms with Gasteiger partial charge in [-0.15, -0.1) is 0 Å². The van der Waals surface area contributed by atoms with Crippen LogP contribution in [0.25, 0.3) is 0 Å². The number of ether oxygens (including phenoxy) is 1. The molecule has 0 heterocycles. The van der Waals surface area contributed by atoms with E-state index in [2.05, 4.69) is 16.6 Å². The Morgan fingerprint density at radius 2 is 1.95 bits per heavy atom. The lowest BCUT2D eigenvalue weighted by Crippen LogP contribution is -2.45. The molecule has 0 fully saturated rings. The second-order valence-corrected chi connectivity index (χ2v) is 7.06. The van der Waals surface area contributed by atoms with Gasteiger partial charge in [0.05, 0.1) is 12.4 Å². The molecule has 7 heteroatoms. The van der Waals surface area contributed by atoms with E-state index < -0.39 is 16.1 Å². The molecule has 0 saturated heterocycles. The van der Waals surface area contributed by atoms with Crippen LogP contribution in [0.4, 0.5) is 4.79 Å². The van der Waals surface area contributed by atoms with Gasteiger partial charge in [0.2, 0.25) is 10.0 Å². The molecule has 2 N–H and O–H groups in total. The molecule has 0 aliphatic heterocycles. The molecule has 0 aromatic rings. The van der Waals surface area contributed by atoms with Gasteiger partial charge < -0.3 is 10.1 Å². The van der Waals surface area contributed by atoms with Crippen LogP contribution in [0.1, 0.15) is 34.1 Å². The Kier molecular flexibility index (Phi) is 8.48. The lowest BCUT2D eigenvalue weighted by molar-refractivity contribution is 0.146. The van der Waals surface area contributed by atoms with E-state index in [1.807, 2.05) is 13.8 Å². The van der Waals surface area contributed by atoms with Crippen molar-refractivity contribution in [2.24, 2.45) is 5.92 Å². The molecule has 1 atom stereocenters. The molecule has 6 nitrogen and oxygen atoms in total. The van der Waals surface area contributed by atoms with Crippen molar-refractivity contribution in [1.82, 2.24) is 10.0 Å². The van der Waals surface area contributed by atoms with E-state index in [0.717, 1.165) is 0 Å². The summed E-state index contributed by atoms with van der Waals surface area (Å²) in [5.41, 5.74) is 0.566. The van der Waals surface area contributed by atoms with Gasteiger partial charge in [-0.2, -0.15) is 0 Å². The van der Waals surface area contributed by atoms with Crippen LogP contribution in [0.3, 0.4) is 0 Å². The number of rotatable bonds is 9. The molecule has 0 aromatic carbocycles. The predicted octanol–water partition coefficient (Wildman–Crippen LogP) is 1.64. The molecule has 0 radical (unpaired) electrons. The summed E-state index contributed by atoms with van der Waals surface area (Å²) < 4.78 is 30.7. The average Bonchev–Trinajstić information content (AvgIpc) is 2.23. The summed E-state index contributed by atoms with van der Waals surface area (Å²) in [5, 5.41) is 2.66. The van der Waals surface area contributed by atoms with Gasteiger partial charge in [0.15, 0.2) is 0 Å². The molecule has 0 spiro atoms. The van der Waals surface area contributed by atoms with Crippen LogP contribution in [0.15, 0.2) is 12.2 Å². The number of amides is 1. The first-order valence-electron chi connectivity index (χ1n) is 6.71. The molecule has 20 heavy (non-hydrogen) atoms. The van der Waals surface area contributed by atoms with E-state index in [0.29, 0.717) is 17.9 Å². The normalized spacial score (nSPS) is 13.1. The van der Waals surface area contributed by atoms with Crippen LogP contribution in [0.5, 0.6) is 0 Å². The number of sulfonamides is 1. The molecule has 1 unspecified atom stereocenters. The van der Waals surface area contributed by atoms with E-state index >= 15 is 0 Å². The minimum absolute atomic E-state index is 0.110. The number of carbonyl (C=O) groups is 1. The Labute approximate surface area is 122 Å². The second kappa shape index (κ2) is 8.97. The highest BCUT2D eigenvalue weighted by Gasteiger charge is 2.18. The first-order chi connectivity index (χ1) is 9.16. The van der Waals surface area contributed by atoms with Gasteiger partial charge in [0.1, 0.15) is 0 Å². The molecule has 0 saturated carbocycles. The molecule has 118 valence electrons. The number of hydrogen-bond acceptors (Lipinski definition) is 4. The fourth-order valence-corrected chi connectivity index (χ4v) is 2.91. The molecule has 0 aliphatic carbocycles. The molecule has 0 aromatic heterocycles.